The minimum absolute atomic E-state index is 0.210. The summed E-state index contributed by atoms with van der Waals surface area (Å²) in [5.74, 6) is -0.210. The summed E-state index contributed by atoms with van der Waals surface area (Å²) in [6.45, 7) is 5.98. The van der Waals surface area contributed by atoms with E-state index in [9.17, 15) is 9.59 Å². The van der Waals surface area contributed by atoms with Gasteiger partial charge in [0.2, 0.25) is 0 Å². The summed E-state index contributed by atoms with van der Waals surface area (Å²) < 4.78 is 5.32. The lowest BCUT2D eigenvalue weighted by atomic mass is 10.0. The van der Waals surface area contributed by atoms with Crippen molar-refractivity contribution in [1.82, 2.24) is 15.6 Å². The zero-order valence-electron chi connectivity index (χ0n) is 16.1. The van der Waals surface area contributed by atoms with Gasteiger partial charge in [-0.1, -0.05) is 12.1 Å². The Morgan fingerprint density at radius 1 is 1.07 bits per heavy atom. The van der Waals surface area contributed by atoms with Gasteiger partial charge < -0.3 is 20.7 Å². The van der Waals surface area contributed by atoms with Crippen LogP contribution >= 0.6 is 0 Å². The average molecular weight is 370 g/mol. The quantitative estimate of drug-likeness (QED) is 0.727. The van der Waals surface area contributed by atoms with Crippen LogP contribution < -0.4 is 16.0 Å². The van der Waals surface area contributed by atoms with Crippen LogP contribution in [-0.2, 0) is 4.74 Å². The summed E-state index contributed by atoms with van der Waals surface area (Å²) in [6.07, 6.45) is 2.74. The maximum atomic E-state index is 12.3. The number of ether oxygens (including phenoxy) is 1. The molecule has 27 heavy (non-hydrogen) atoms. The zero-order chi connectivity index (χ0) is 19.9. The molecule has 7 nitrogen and oxygen atoms in total. The van der Waals surface area contributed by atoms with E-state index in [0.29, 0.717) is 17.8 Å². The highest BCUT2D eigenvalue weighted by molar-refractivity contribution is 6.04. The third kappa shape index (κ3) is 6.71. The fourth-order valence-corrected chi connectivity index (χ4v) is 2.41. The van der Waals surface area contributed by atoms with Crippen LogP contribution in [0.5, 0.6) is 0 Å². The van der Waals surface area contributed by atoms with Gasteiger partial charge in [0.15, 0.2) is 0 Å². The van der Waals surface area contributed by atoms with Crippen LogP contribution in [0.15, 0.2) is 48.8 Å². The number of hydrogen-bond acceptors (Lipinski definition) is 5. The Hall–Kier alpha value is -2.93. The first-order chi connectivity index (χ1) is 12.8. The van der Waals surface area contributed by atoms with Crippen LogP contribution in [0, 0.1) is 0 Å². The van der Waals surface area contributed by atoms with Crippen LogP contribution in [0.25, 0.3) is 0 Å². The van der Waals surface area contributed by atoms with E-state index in [2.05, 4.69) is 20.9 Å². The Morgan fingerprint density at radius 3 is 2.26 bits per heavy atom. The van der Waals surface area contributed by atoms with E-state index < -0.39 is 11.7 Å². The van der Waals surface area contributed by atoms with Crippen LogP contribution in [0.2, 0.25) is 0 Å². The molecule has 0 aliphatic carbocycles. The molecule has 1 atom stereocenters. The van der Waals surface area contributed by atoms with E-state index in [1.54, 1.807) is 43.7 Å². The molecule has 0 aliphatic rings. The average Bonchev–Trinajstić information content (AvgIpc) is 2.61. The lowest BCUT2D eigenvalue weighted by Crippen LogP contribution is -2.38. The summed E-state index contributed by atoms with van der Waals surface area (Å²) in [6, 6.07) is 10.3. The van der Waals surface area contributed by atoms with Crippen molar-refractivity contribution in [2.45, 2.75) is 32.4 Å². The summed E-state index contributed by atoms with van der Waals surface area (Å²) in [4.78, 5) is 28.3. The van der Waals surface area contributed by atoms with Crippen LogP contribution in [0.3, 0.4) is 0 Å². The summed E-state index contributed by atoms with van der Waals surface area (Å²) in [7, 11) is 1.81. The SMILES string of the molecule is CNCC(NC(=O)OC(C)(C)C)c1ccc(C(=O)Nc2ccncc2)cc1. The molecule has 3 N–H and O–H groups in total. The van der Waals surface area contributed by atoms with E-state index in [4.69, 9.17) is 4.74 Å². The number of rotatable bonds is 6. The molecule has 0 fully saturated rings. The number of amides is 2. The Kier molecular flexibility index (Phi) is 6.90. The first-order valence-corrected chi connectivity index (χ1v) is 8.74. The maximum Gasteiger partial charge on any atom is 0.408 e. The minimum atomic E-state index is -0.566. The highest BCUT2D eigenvalue weighted by Crippen LogP contribution is 2.16. The van der Waals surface area contributed by atoms with Gasteiger partial charge in [0.05, 0.1) is 6.04 Å². The van der Waals surface area contributed by atoms with E-state index in [1.807, 2.05) is 32.9 Å². The third-order valence-corrected chi connectivity index (χ3v) is 3.61. The van der Waals surface area contributed by atoms with Gasteiger partial charge in [0, 0.05) is 30.2 Å². The molecule has 0 radical (unpaired) electrons. The summed E-state index contributed by atoms with van der Waals surface area (Å²) in [5, 5.41) is 8.71. The maximum absolute atomic E-state index is 12.3. The second-order valence-electron chi connectivity index (χ2n) is 7.07. The molecule has 1 unspecified atom stereocenters. The van der Waals surface area contributed by atoms with Crippen molar-refractivity contribution in [3.05, 3.63) is 59.9 Å². The fourth-order valence-electron chi connectivity index (χ4n) is 2.41. The first kappa shape index (κ1) is 20.4. The van der Waals surface area contributed by atoms with Crippen LogP contribution in [-0.4, -0.2) is 36.2 Å². The summed E-state index contributed by atoms with van der Waals surface area (Å²) >= 11 is 0. The van der Waals surface area contributed by atoms with Crippen LogP contribution in [0.4, 0.5) is 10.5 Å². The molecule has 0 spiro atoms. The second kappa shape index (κ2) is 9.14. The standard InChI is InChI=1S/C20H26N4O3/c1-20(2,3)27-19(26)24-17(13-21-4)14-5-7-15(8-6-14)18(25)23-16-9-11-22-12-10-16/h5-12,17,21H,13H2,1-4H3,(H,24,26)(H,22,23,25). The number of nitrogens with one attached hydrogen (secondary N) is 3. The monoisotopic (exact) mass is 370 g/mol. The van der Waals surface area contributed by atoms with Gasteiger partial charge in [-0.25, -0.2) is 4.79 Å². The second-order valence-corrected chi connectivity index (χ2v) is 7.07. The normalized spacial score (nSPS) is 12.1. The molecule has 1 aromatic carbocycles. The van der Waals surface area contributed by atoms with Crippen molar-refractivity contribution in [2.75, 3.05) is 18.9 Å². The molecular formula is C20H26N4O3. The molecule has 1 heterocycles. The topological polar surface area (TPSA) is 92.4 Å². The Labute approximate surface area is 159 Å². The van der Waals surface area contributed by atoms with Crippen molar-refractivity contribution in [3.63, 3.8) is 0 Å². The highest BCUT2D eigenvalue weighted by atomic mass is 16.6. The predicted molar refractivity (Wildman–Crippen MR) is 105 cm³/mol. The van der Waals surface area contributed by atoms with Gasteiger partial charge in [0.1, 0.15) is 5.60 Å². The number of likely N-dealkylation sites (N-methyl/N-ethyl adjacent to an activating group) is 1. The molecule has 0 saturated heterocycles. The Bertz CT molecular complexity index is 755. The number of alkyl carbamates (subject to hydrolysis) is 1. The van der Waals surface area contributed by atoms with E-state index in [0.717, 1.165) is 5.56 Å². The van der Waals surface area contributed by atoms with Crippen molar-refractivity contribution in [1.29, 1.82) is 0 Å². The molecule has 2 rings (SSSR count). The van der Waals surface area contributed by atoms with Gasteiger partial charge in [-0.3, -0.25) is 9.78 Å². The Morgan fingerprint density at radius 2 is 1.70 bits per heavy atom. The Balaban J connectivity index is 2.05. The molecule has 0 bridgehead atoms. The van der Waals surface area contributed by atoms with E-state index >= 15 is 0 Å². The van der Waals surface area contributed by atoms with Gasteiger partial charge >= 0.3 is 6.09 Å². The summed E-state index contributed by atoms with van der Waals surface area (Å²) in [5.41, 5.74) is 1.51. The predicted octanol–water partition coefficient (Wildman–Crippen LogP) is 3.12. The molecular weight excluding hydrogens is 344 g/mol. The third-order valence-electron chi connectivity index (χ3n) is 3.61. The van der Waals surface area contributed by atoms with Gasteiger partial charge in [-0.05, 0) is 57.6 Å². The molecule has 7 heteroatoms. The molecule has 0 aliphatic heterocycles. The number of carbonyl (C=O) groups excluding carboxylic acids is 2. The molecule has 1 aromatic heterocycles. The van der Waals surface area contributed by atoms with Crippen molar-refractivity contribution in [2.24, 2.45) is 0 Å². The largest absolute Gasteiger partial charge is 0.444 e. The van der Waals surface area contributed by atoms with Gasteiger partial charge in [0.25, 0.3) is 5.91 Å². The number of carbonyl (C=O) groups is 2. The number of hydrogen-bond donors (Lipinski definition) is 3. The minimum Gasteiger partial charge on any atom is -0.444 e. The van der Waals surface area contributed by atoms with E-state index in [1.165, 1.54) is 0 Å². The molecule has 2 aromatic rings. The van der Waals surface area contributed by atoms with Gasteiger partial charge in [-0.15, -0.1) is 0 Å². The zero-order valence-corrected chi connectivity index (χ0v) is 16.1. The van der Waals surface area contributed by atoms with Crippen molar-refractivity contribution in [3.8, 4) is 0 Å². The van der Waals surface area contributed by atoms with Crippen LogP contribution in [0.1, 0.15) is 42.7 Å². The molecule has 2 amide bonds. The number of aromatic nitrogens is 1. The van der Waals surface area contributed by atoms with Crippen molar-refractivity contribution < 1.29 is 14.3 Å². The molecule has 144 valence electrons. The lowest BCUT2D eigenvalue weighted by molar-refractivity contribution is 0.0503. The lowest BCUT2D eigenvalue weighted by Gasteiger charge is -2.24. The van der Waals surface area contributed by atoms with E-state index in [-0.39, 0.29) is 11.9 Å². The van der Waals surface area contributed by atoms with Crippen molar-refractivity contribution >= 4 is 17.7 Å². The number of pyridine rings is 1. The molecule has 0 saturated carbocycles. The highest BCUT2D eigenvalue weighted by Gasteiger charge is 2.20. The van der Waals surface area contributed by atoms with Gasteiger partial charge in [-0.2, -0.15) is 0 Å². The number of nitrogens with zero attached hydrogens (tertiary/aromatic N) is 1. The smallest absolute Gasteiger partial charge is 0.408 e. The first-order valence-electron chi connectivity index (χ1n) is 8.74. The number of benzene rings is 1. The fraction of sp³-hybridized carbons (Fsp3) is 0.350. The number of anilines is 1.